The largest absolute Gasteiger partial charge is 0.354 e. The number of aromatic nitrogens is 2. The Bertz CT molecular complexity index is 705. The maximum absolute atomic E-state index is 4.76. The van der Waals surface area contributed by atoms with Gasteiger partial charge in [-0.15, -0.1) is 0 Å². The van der Waals surface area contributed by atoms with Crippen LogP contribution < -0.4 is 10.2 Å². The highest BCUT2D eigenvalue weighted by atomic mass is 15.3. The van der Waals surface area contributed by atoms with Gasteiger partial charge in [0.1, 0.15) is 5.82 Å². The Kier molecular flexibility index (Phi) is 5.00. The van der Waals surface area contributed by atoms with E-state index in [-0.39, 0.29) is 0 Å². The van der Waals surface area contributed by atoms with Crippen LogP contribution in [0, 0.1) is 20.8 Å². The average Bonchev–Trinajstić information content (AvgIpc) is 2.58. The first-order valence-corrected chi connectivity index (χ1v) is 8.72. The summed E-state index contributed by atoms with van der Waals surface area (Å²) in [5.41, 5.74) is 4.49. The number of piperazine rings is 1. The molecule has 5 nitrogen and oxygen atoms in total. The third kappa shape index (κ3) is 3.85. The molecule has 24 heavy (non-hydrogen) atoms. The third-order valence-electron chi connectivity index (χ3n) is 4.62. The Balaban J connectivity index is 1.80. The minimum absolute atomic E-state index is 0.677. The van der Waals surface area contributed by atoms with Gasteiger partial charge in [-0.3, -0.25) is 0 Å². The van der Waals surface area contributed by atoms with Gasteiger partial charge in [0.05, 0.1) is 0 Å². The molecule has 1 fully saturated rings. The number of benzene rings is 1. The van der Waals surface area contributed by atoms with Crippen LogP contribution >= 0.6 is 0 Å². The Morgan fingerprint density at radius 3 is 2.46 bits per heavy atom. The van der Waals surface area contributed by atoms with Gasteiger partial charge in [0.2, 0.25) is 5.95 Å². The number of nitrogens with one attached hydrogen (secondary N) is 1. The molecular formula is C19H27N5. The number of hydrogen-bond acceptors (Lipinski definition) is 5. The van der Waals surface area contributed by atoms with Crippen molar-refractivity contribution >= 4 is 17.5 Å². The first kappa shape index (κ1) is 16.7. The Morgan fingerprint density at radius 2 is 1.75 bits per heavy atom. The van der Waals surface area contributed by atoms with E-state index in [9.17, 15) is 0 Å². The summed E-state index contributed by atoms with van der Waals surface area (Å²) in [6.07, 6.45) is 0. The molecule has 2 aromatic rings. The normalized spacial score (nSPS) is 15.6. The zero-order valence-electron chi connectivity index (χ0n) is 15.1. The maximum Gasteiger partial charge on any atom is 0.229 e. The molecule has 1 saturated heterocycles. The summed E-state index contributed by atoms with van der Waals surface area (Å²) in [4.78, 5) is 14.2. The molecule has 2 heterocycles. The molecule has 0 bridgehead atoms. The Hall–Kier alpha value is -2.14. The monoisotopic (exact) mass is 325 g/mol. The van der Waals surface area contributed by atoms with Gasteiger partial charge in [-0.25, -0.2) is 4.98 Å². The molecule has 0 spiro atoms. The minimum Gasteiger partial charge on any atom is -0.354 e. The van der Waals surface area contributed by atoms with Crippen molar-refractivity contribution in [3.05, 3.63) is 41.1 Å². The molecule has 5 heteroatoms. The zero-order valence-corrected chi connectivity index (χ0v) is 15.1. The lowest BCUT2D eigenvalue weighted by molar-refractivity contribution is 0.270. The molecule has 1 aromatic heterocycles. The number of aryl methyl sites for hydroxylation is 3. The predicted molar refractivity (Wildman–Crippen MR) is 100 cm³/mol. The fraction of sp³-hybridized carbons (Fsp3) is 0.474. The summed E-state index contributed by atoms with van der Waals surface area (Å²) in [7, 11) is 0. The molecule has 0 aliphatic carbocycles. The van der Waals surface area contributed by atoms with Crippen LogP contribution in [0.4, 0.5) is 17.5 Å². The highest BCUT2D eigenvalue weighted by molar-refractivity contribution is 5.60. The van der Waals surface area contributed by atoms with Gasteiger partial charge in [0.15, 0.2) is 0 Å². The zero-order chi connectivity index (χ0) is 17.1. The second-order valence-electron chi connectivity index (χ2n) is 6.56. The van der Waals surface area contributed by atoms with Crippen LogP contribution in [0.5, 0.6) is 0 Å². The van der Waals surface area contributed by atoms with Gasteiger partial charge in [-0.1, -0.05) is 19.1 Å². The Labute approximate surface area is 144 Å². The first-order valence-electron chi connectivity index (χ1n) is 8.72. The van der Waals surface area contributed by atoms with Crippen LogP contribution in [-0.4, -0.2) is 47.6 Å². The van der Waals surface area contributed by atoms with Crippen molar-refractivity contribution in [2.45, 2.75) is 27.7 Å². The highest BCUT2D eigenvalue weighted by Gasteiger charge is 2.18. The number of nitrogens with zero attached hydrogens (tertiary/aromatic N) is 4. The van der Waals surface area contributed by atoms with E-state index in [0.29, 0.717) is 5.95 Å². The molecule has 0 radical (unpaired) electrons. The van der Waals surface area contributed by atoms with Gasteiger partial charge < -0.3 is 15.1 Å². The van der Waals surface area contributed by atoms with E-state index in [1.54, 1.807) is 0 Å². The second kappa shape index (κ2) is 7.18. The van der Waals surface area contributed by atoms with Crippen LogP contribution in [0.3, 0.4) is 0 Å². The number of hydrogen-bond donors (Lipinski definition) is 1. The molecule has 0 unspecified atom stereocenters. The third-order valence-corrected chi connectivity index (χ3v) is 4.62. The molecule has 0 amide bonds. The maximum atomic E-state index is 4.76. The molecule has 128 valence electrons. The van der Waals surface area contributed by atoms with Crippen LogP contribution in [0.15, 0.2) is 24.3 Å². The van der Waals surface area contributed by atoms with Crippen molar-refractivity contribution < 1.29 is 0 Å². The van der Waals surface area contributed by atoms with Crippen LogP contribution in [0.1, 0.15) is 23.7 Å². The smallest absolute Gasteiger partial charge is 0.229 e. The van der Waals surface area contributed by atoms with E-state index >= 15 is 0 Å². The number of likely N-dealkylation sites (N-methyl/N-ethyl adjacent to an activating group) is 1. The van der Waals surface area contributed by atoms with Gasteiger partial charge in [0, 0.05) is 43.6 Å². The first-order chi connectivity index (χ1) is 11.5. The molecule has 1 N–H and O–H groups in total. The van der Waals surface area contributed by atoms with Gasteiger partial charge in [-0.05, 0) is 44.5 Å². The van der Waals surface area contributed by atoms with E-state index in [4.69, 9.17) is 4.98 Å². The fourth-order valence-corrected chi connectivity index (χ4v) is 3.05. The van der Waals surface area contributed by atoms with Crippen molar-refractivity contribution in [1.29, 1.82) is 0 Å². The number of rotatable bonds is 4. The lowest BCUT2D eigenvalue weighted by atomic mass is 10.1. The van der Waals surface area contributed by atoms with Crippen LogP contribution in [0.2, 0.25) is 0 Å². The molecule has 1 aliphatic rings. The lowest BCUT2D eigenvalue weighted by Crippen LogP contribution is -2.46. The molecule has 0 saturated carbocycles. The van der Waals surface area contributed by atoms with E-state index in [1.165, 1.54) is 11.1 Å². The highest BCUT2D eigenvalue weighted by Crippen LogP contribution is 2.22. The van der Waals surface area contributed by atoms with Crippen molar-refractivity contribution in [2.75, 3.05) is 42.9 Å². The van der Waals surface area contributed by atoms with E-state index < -0.39 is 0 Å². The summed E-state index contributed by atoms with van der Waals surface area (Å²) in [6, 6.07) is 8.46. The predicted octanol–water partition coefficient (Wildman–Crippen LogP) is 3.29. The van der Waals surface area contributed by atoms with E-state index in [2.05, 4.69) is 65.1 Å². The molecule has 1 aliphatic heterocycles. The molecular weight excluding hydrogens is 298 g/mol. The van der Waals surface area contributed by atoms with E-state index in [1.807, 2.05) is 6.92 Å². The minimum atomic E-state index is 0.677. The second-order valence-corrected chi connectivity index (χ2v) is 6.56. The summed E-state index contributed by atoms with van der Waals surface area (Å²) in [5.74, 6) is 1.70. The molecule has 3 rings (SSSR count). The van der Waals surface area contributed by atoms with E-state index in [0.717, 1.165) is 49.9 Å². The SMILES string of the molecule is CCN1CCN(c2cc(C)nc(Nc3cc(C)ccc3C)n2)CC1. The topological polar surface area (TPSA) is 44.3 Å². The lowest BCUT2D eigenvalue weighted by Gasteiger charge is -2.34. The van der Waals surface area contributed by atoms with Crippen molar-refractivity contribution in [1.82, 2.24) is 14.9 Å². The van der Waals surface area contributed by atoms with Crippen LogP contribution in [-0.2, 0) is 0 Å². The molecule has 0 atom stereocenters. The Morgan fingerprint density at radius 1 is 1.00 bits per heavy atom. The summed E-state index contributed by atoms with van der Waals surface area (Å²) >= 11 is 0. The van der Waals surface area contributed by atoms with Crippen LogP contribution in [0.25, 0.3) is 0 Å². The van der Waals surface area contributed by atoms with Gasteiger partial charge in [-0.2, -0.15) is 4.98 Å². The van der Waals surface area contributed by atoms with Gasteiger partial charge in [0.25, 0.3) is 0 Å². The van der Waals surface area contributed by atoms with Crippen molar-refractivity contribution in [2.24, 2.45) is 0 Å². The summed E-state index contributed by atoms with van der Waals surface area (Å²) in [6.45, 7) is 13.8. The fourth-order valence-electron chi connectivity index (χ4n) is 3.05. The number of anilines is 3. The standard InChI is InChI=1S/C19H27N5/c1-5-23-8-10-24(11-9-23)18-13-16(4)20-19(22-18)21-17-12-14(2)6-7-15(17)3/h6-7,12-13H,5,8-11H2,1-4H3,(H,20,21,22). The quantitative estimate of drug-likeness (QED) is 0.934. The summed E-state index contributed by atoms with van der Waals surface area (Å²) < 4.78 is 0. The van der Waals surface area contributed by atoms with Crippen molar-refractivity contribution in [3.8, 4) is 0 Å². The molecule has 1 aromatic carbocycles. The summed E-state index contributed by atoms with van der Waals surface area (Å²) in [5, 5.41) is 3.39. The van der Waals surface area contributed by atoms with Gasteiger partial charge >= 0.3 is 0 Å². The average molecular weight is 325 g/mol. The van der Waals surface area contributed by atoms with Crippen molar-refractivity contribution in [3.63, 3.8) is 0 Å².